The third-order valence-electron chi connectivity index (χ3n) is 5.67. The van der Waals surface area contributed by atoms with Gasteiger partial charge in [-0.05, 0) is 56.7 Å². The highest BCUT2D eigenvalue weighted by molar-refractivity contribution is 6.11. The average molecular weight is 418 g/mol. The summed E-state index contributed by atoms with van der Waals surface area (Å²) in [5.41, 5.74) is 2.84. The Labute approximate surface area is 181 Å². The first-order valence-corrected chi connectivity index (χ1v) is 10.2. The molecule has 0 spiro atoms. The van der Waals surface area contributed by atoms with Crippen LogP contribution in [0.5, 0.6) is 5.75 Å². The zero-order chi connectivity index (χ0) is 22.2. The lowest BCUT2D eigenvalue weighted by Crippen LogP contribution is -2.64. The average Bonchev–Trinajstić information content (AvgIpc) is 3.13. The van der Waals surface area contributed by atoms with Crippen molar-refractivity contribution in [2.24, 2.45) is 0 Å². The Kier molecular flexibility index (Phi) is 5.27. The topological polar surface area (TPSA) is 76.5 Å². The lowest BCUT2D eigenvalue weighted by molar-refractivity contribution is -0.126. The zero-order valence-corrected chi connectivity index (χ0v) is 18.2. The number of carbonyl (C=O) groups is 2. The number of ether oxygens (including phenoxy) is 1. The van der Waals surface area contributed by atoms with E-state index in [9.17, 15) is 9.59 Å². The van der Waals surface area contributed by atoms with Gasteiger partial charge in [-0.2, -0.15) is 5.10 Å². The third-order valence-corrected chi connectivity index (χ3v) is 5.67. The summed E-state index contributed by atoms with van der Waals surface area (Å²) < 4.78 is 6.87. The summed E-state index contributed by atoms with van der Waals surface area (Å²) in [7, 11) is 1.59. The highest BCUT2D eigenvalue weighted by Crippen LogP contribution is 2.33. The molecule has 2 heterocycles. The van der Waals surface area contributed by atoms with Crippen LogP contribution < -0.4 is 15.0 Å². The third kappa shape index (κ3) is 3.79. The fraction of sp³-hybridized carbons (Fsp3) is 0.292. The van der Waals surface area contributed by atoms with Gasteiger partial charge in [0.25, 0.3) is 5.91 Å². The Morgan fingerprint density at radius 3 is 2.45 bits per heavy atom. The predicted molar refractivity (Wildman–Crippen MR) is 118 cm³/mol. The summed E-state index contributed by atoms with van der Waals surface area (Å²) in [5, 5.41) is 7.44. The second-order valence-electron chi connectivity index (χ2n) is 8.11. The Hall–Kier alpha value is -3.61. The molecule has 0 aliphatic carbocycles. The number of methoxy groups -OCH3 is 1. The molecule has 1 aliphatic heterocycles. The molecule has 160 valence electrons. The normalized spacial score (nSPS) is 17.9. The van der Waals surface area contributed by atoms with Crippen LogP contribution in [-0.4, -0.2) is 34.2 Å². The molecule has 0 radical (unpaired) electrons. The second kappa shape index (κ2) is 7.91. The minimum Gasteiger partial charge on any atom is -0.497 e. The number of rotatable bonds is 5. The van der Waals surface area contributed by atoms with Crippen LogP contribution in [0.4, 0.5) is 5.69 Å². The van der Waals surface area contributed by atoms with Crippen molar-refractivity contribution in [2.45, 2.75) is 39.4 Å². The molecular weight excluding hydrogens is 392 g/mol. The molecule has 31 heavy (non-hydrogen) atoms. The first kappa shape index (κ1) is 20.7. The van der Waals surface area contributed by atoms with Crippen LogP contribution in [0.2, 0.25) is 0 Å². The molecular formula is C24H26N4O3. The van der Waals surface area contributed by atoms with E-state index in [1.807, 2.05) is 38.1 Å². The van der Waals surface area contributed by atoms with Crippen LogP contribution in [0.1, 0.15) is 34.2 Å². The van der Waals surface area contributed by atoms with Gasteiger partial charge in [0.05, 0.1) is 19.3 Å². The number of carbonyl (C=O) groups excluding carboxylic acids is 2. The van der Waals surface area contributed by atoms with Gasteiger partial charge in [-0.3, -0.25) is 19.2 Å². The van der Waals surface area contributed by atoms with Gasteiger partial charge < -0.3 is 10.1 Å². The van der Waals surface area contributed by atoms with Gasteiger partial charge in [-0.25, -0.2) is 0 Å². The molecule has 2 aromatic carbocycles. The number of aromatic nitrogens is 2. The lowest BCUT2D eigenvalue weighted by Gasteiger charge is -2.43. The smallest absolute Gasteiger partial charge is 0.277 e. The van der Waals surface area contributed by atoms with Gasteiger partial charge in [0.15, 0.2) is 0 Å². The first-order chi connectivity index (χ1) is 14.8. The molecule has 7 heteroatoms. The molecule has 0 saturated heterocycles. The van der Waals surface area contributed by atoms with E-state index in [-0.39, 0.29) is 18.4 Å². The van der Waals surface area contributed by atoms with Gasteiger partial charge in [-0.15, -0.1) is 0 Å². The minimum atomic E-state index is -1.15. The molecule has 3 aromatic rings. The summed E-state index contributed by atoms with van der Waals surface area (Å²) >= 11 is 0. The summed E-state index contributed by atoms with van der Waals surface area (Å²) in [5.74, 6) is 0.181. The van der Waals surface area contributed by atoms with Crippen molar-refractivity contribution >= 4 is 17.5 Å². The van der Waals surface area contributed by atoms with Gasteiger partial charge >= 0.3 is 0 Å². The Morgan fingerprint density at radius 1 is 1.13 bits per heavy atom. The number of hydrogen-bond donors (Lipinski definition) is 1. The quantitative estimate of drug-likeness (QED) is 0.690. The maximum atomic E-state index is 13.5. The van der Waals surface area contributed by atoms with Crippen LogP contribution in [0.15, 0.2) is 54.6 Å². The van der Waals surface area contributed by atoms with E-state index < -0.39 is 5.54 Å². The number of anilines is 1. The molecule has 1 atom stereocenters. The SMILES string of the molecule is COc1ccc(N2C(=O)c3cc(C)nn3CC2(C)C(=O)NCc2ccc(C)cc2)cc1. The Morgan fingerprint density at radius 2 is 1.81 bits per heavy atom. The summed E-state index contributed by atoms with van der Waals surface area (Å²) in [4.78, 5) is 28.5. The first-order valence-electron chi connectivity index (χ1n) is 10.2. The van der Waals surface area contributed by atoms with Crippen LogP contribution in [0, 0.1) is 13.8 Å². The van der Waals surface area contributed by atoms with Gasteiger partial charge in [0.2, 0.25) is 5.91 Å². The lowest BCUT2D eigenvalue weighted by atomic mass is 9.93. The second-order valence-corrected chi connectivity index (χ2v) is 8.11. The van der Waals surface area contributed by atoms with E-state index in [0.717, 1.165) is 16.8 Å². The van der Waals surface area contributed by atoms with Crippen molar-refractivity contribution in [3.8, 4) is 5.75 Å². The molecule has 0 fully saturated rings. The molecule has 1 unspecified atom stereocenters. The maximum absolute atomic E-state index is 13.5. The zero-order valence-electron chi connectivity index (χ0n) is 18.2. The fourth-order valence-corrected chi connectivity index (χ4v) is 3.92. The standard InChI is InChI=1S/C24H26N4O3/c1-16-5-7-18(8-6-16)14-25-23(30)24(3)15-27-21(13-17(2)26-27)22(29)28(24)19-9-11-20(31-4)12-10-19/h5-13H,14-15H2,1-4H3,(H,25,30). The van der Waals surface area contributed by atoms with E-state index in [4.69, 9.17) is 4.74 Å². The Bertz CT molecular complexity index is 1120. The van der Waals surface area contributed by atoms with E-state index in [1.165, 1.54) is 0 Å². The minimum absolute atomic E-state index is 0.240. The van der Waals surface area contributed by atoms with Crippen molar-refractivity contribution < 1.29 is 14.3 Å². The summed E-state index contributed by atoms with van der Waals surface area (Å²) in [6.45, 7) is 6.27. The predicted octanol–water partition coefficient (Wildman–Crippen LogP) is 3.24. The van der Waals surface area contributed by atoms with E-state index in [1.54, 1.807) is 53.9 Å². The monoisotopic (exact) mass is 418 g/mol. The molecule has 7 nitrogen and oxygen atoms in total. The molecule has 1 aromatic heterocycles. The number of nitrogens with zero attached hydrogens (tertiary/aromatic N) is 3. The molecule has 2 amide bonds. The highest BCUT2D eigenvalue weighted by atomic mass is 16.5. The van der Waals surface area contributed by atoms with E-state index in [0.29, 0.717) is 23.7 Å². The molecule has 4 rings (SSSR count). The number of hydrogen-bond acceptors (Lipinski definition) is 4. The molecule has 1 N–H and O–H groups in total. The van der Waals surface area contributed by atoms with Crippen molar-refractivity contribution in [3.05, 3.63) is 77.1 Å². The van der Waals surface area contributed by atoms with Gasteiger partial charge in [0.1, 0.15) is 17.0 Å². The van der Waals surface area contributed by atoms with E-state index >= 15 is 0 Å². The van der Waals surface area contributed by atoms with Crippen LogP contribution in [-0.2, 0) is 17.9 Å². The van der Waals surface area contributed by atoms with Crippen LogP contribution >= 0.6 is 0 Å². The summed E-state index contributed by atoms with van der Waals surface area (Å²) in [6.07, 6.45) is 0. The fourth-order valence-electron chi connectivity index (χ4n) is 3.92. The van der Waals surface area contributed by atoms with E-state index in [2.05, 4.69) is 10.4 Å². The molecule has 0 bridgehead atoms. The number of benzene rings is 2. The largest absolute Gasteiger partial charge is 0.497 e. The number of nitrogens with one attached hydrogen (secondary N) is 1. The number of amides is 2. The van der Waals surface area contributed by atoms with Crippen LogP contribution in [0.3, 0.4) is 0 Å². The summed E-state index contributed by atoms with van der Waals surface area (Å²) in [6, 6.07) is 16.9. The van der Waals surface area contributed by atoms with Crippen LogP contribution in [0.25, 0.3) is 0 Å². The maximum Gasteiger partial charge on any atom is 0.277 e. The van der Waals surface area contributed by atoms with Gasteiger partial charge in [0, 0.05) is 12.2 Å². The van der Waals surface area contributed by atoms with Crippen molar-refractivity contribution in [2.75, 3.05) is 12.0 Å². The molecule has 0 saturated carbocycles. The number of fused-ring (bicyclic) bond motifs is 1. The molecule has 1 aliphatic rings. The van der Waals surface area contributed by atoms with Gasteiger partial charge in [-0.1, -0.05) is 29.8 Å². The number of aryl methyl sites for hydroxylation is 2. The highest BCUT2D eigenvalue weighted by Gasteiger charge is 2.48. The van der Waals surface area contributed by atoms with Crippen molar-refractivity contribution in [1.82, 2.24) is 15.1 Å². The van der Waals surface area contributed by atoms with Crippen molar-refractivity contribution in [1.29, 1.82) is 0 Å². The van der Waals surface area contributed by atoms with Crippen molar-refractivity contribution in [3.63, 3.8) is 0 Å². The Balaban J connectivity index is 1.69.